The van der Waals surface area contributed by atoms with E-state index in [9.17, 15) is 9.59 Å². The molecule has 0 radical (unpaired) electrons. The number of anilines is 2. The number of ketones is 2. The lowest BCUT2D eigenvalue weighted by atomic mass is 9.63. The van der Waals surface area contributed by atoms with Crippen LogP contribution in [0.3, 0.4) is 0 Å². The molecule has 7 nitrogen and oxygen atoms in total. The van der Waals surface area contributed by atoms with Gasteiger partial charge in [-0.1, -0.05) is 56.7 Å². The smallest absolute Gasteiger partial charge is 0.238 e. The lowest BCUT2D eigenvalue weighted by Gasteiger charge is -2.40. The van der Waals surface area contributed by atoms with Gasteiger partial charge < -0.3 is 19.7 Å². The summed E-state index contributed by atoms with van der Waals surface area (Å²) in [4.78, 5) is 46.4. The maximum absolute atomic E-state index is 15.1. The van der Waals surface area contributed by atoms with Gasteiger partial charge >= 0.3 is 0 Å². The number of hydrogen-bond acceptors (Lipinski definition) is 6. The van der Waals surface area contributed by atoms with E-state index < -0.39 is 28.8 Å². The van der Waals surface area contributed by atoms with Crippen LogP contribution in [-0.2, 0) is 15.0 Å². The Hall–Kier alpha value is -4.39. The second kappa shape index (κ2) is 9.58. The first-order valence-electron chi connectivity index (χ1n) is 14.2. The molecule has 0 saturated carbocycles. The average molecular weight is 565 g/mol. The van der Waals surface area contributed by atoms with Crippen LogP contribution in [0, 0.1) is 18.3 Å². The molecule has 0 aromatic heterocycles. The number of nitrogens with zero attached hydrogens (tertiary/aromatic N) is 1. The molecule has 216 valence electrons. The highest BCUT2D eigenvalue weighted by atomic mass is 16.5. The van der Waals surface area contributed by atoms with Gasteiger partial charge in [0.15, 0.2) is 11.6 Å². The zero-order valence-corrected chi connectivity index (χ0v) is 25.1. The average Bonchev–Trinajstić information content (AvgIpc) is 3.43. The molecule has 4 atom stereocenters. The van der Waals surface area contributed by atoms with Gasteiger partial charge in [0, 0.05) is 22.4 Å². The summed E-state index contributed by atoms with van der Waals surface area (Å²) in [6.45, 7) is 9.67. The highest BCUT2D eigenvalue weighted by Gasteiger charge is 2.71. The van der Waals surface area contributed by atoms with Crippen LogP contribution in [0.4, 0.5) is 11.4 Å². The van der Waals surface area contributed by atoms with E-state index in [0.29, 0.717) is 22.7 Å². The van der Waals surface area contributed by atoms with E-state index in [4.69, 9.17) is 9.47 Å². The lowest BCUT2D eigenvalue weighted by Crippen LogP contribution is -2.51. The number of methoxy groups -OCH3 is 2. The maximum Gasteiger partial charge on any atom is 0.238 e. The maximum atomic E-state index is 15.1. The highest BCUT2D eigenvalue weighted by Crippen LogP contribution is 2.59. The molecule has 3 aromatic carbocycles. The van der Waals surface area contributed by atoms with E-state index in [2.05, 4.69) is 17.5 Å². The highest BCUT2D eigenvalue weighted by molar-refractivity contribution is 6.18. The monoisotopic (exact) mass is 564 g/mol. The van der Waals surface area contributed by atoms with E-state index >= 15 is 4.79 Å². The van der Waals surface area contributed by atoms with Crippen LogP contribution in [0.15, 0.2) is 66.7 Å². The number of amides is 1. The van der Waals surface area contributed by atoms with Gasteiger partial charge in [0.05, 0.1) is 31.7 Å². The number of rotatable bonds is 5. The third-order valence-electron chi connectivity index (χ3n) is 9.09. The molecule has 0 aliphatic carbocycles. The molecule has 42 heavy (non-hydrogen) atoms. The van der Waals surface area contributed by atoms with Crippen molar-refractivity contribution >= 4 is 34.4 Å². The standard InChI is InChI=1S/C35H36N2O5/c1-19-12-14-26-22(16-19)20(2)17-28-35(24-10-8-9-11-25(24)36-33(35)40)29(30(37(26)28)32(39)34(3,4)5)31(38)23-18-21(41-6)13-15-27(23)42-7/h8-18,28-30H,1-7H3,(H,36,40)/t28-,29-,30+,35+/m0/s1. The Balaban J connectivity index is 1.72. The van der Waals surface area contributed by atoms with Gasteiger partial charge in [0.1, 0.15) is 23.0 Å². The number of nitrogens with one attached hydrogen (secondary N) is 1. The number of carbonyl (C=O) groups is 3. The van der Waals surface area contributed by atoms with Gasteiger partial charge in [-0.15, -0.1) is 0 Å². The van der Waals surface area contributed by atoms with Crippen molar-refractivity contribution in [1.29, 1.82) is 0 Å². The summed E-state index contributed by atoms with van der Waals surface area (Å²) in [5.74, 6) is -0.957. The SMILES string of the molecule is COc1ccc(OC)c(C(=O)[C@@H]2[C@H](C(=O)C(C)(C)C)N3c4ccc(C)cc4C(C)=C[C@H]3[C@@]23C(=O)Nc2ccccc23)c1. The number of hydrogen-bond donors (Lipinski definition) is 1. The molecular weight excluding hydrogens is 528 g/mol. The predicted molar refractivity (Wildman–Crippen MR) is 163 cm³/mol. The molecule has 1 fully saturated rings. The first kappa shape index (κ1) is 27.8. The number of Topliss-reactive ketones (excluding diaryl/α,β-unsaturated/α-hetero) is 2. The summed E-state index contributed by atoms with van der Waals surface area (Å²) < 4.78 is 11.1. The van der Waals surface area contributed by atoms with Crippen molar-refractivity contribution in [2.75, 3.05) is 24.4 Å². The molecule has 0 bridgehead atoms. The lowest BCUT2D eigenvalue weighted by molar-refractivity contribution is -0.128. The quantitative estimate of drug-likeness (QED) is 0.383. The van der Waals surface area contributed by atoms with Crippen LogP contribution in [0.2, 0.25) is 0 Å². The van der Waals surface area contributed by atoms with E-state index in [0.717, 1.165) is 22.4 Å². The number of benzene rings is 3. The summed E-state index contributed by atoms with van der Waals surface area (Å²) >= 11 is 0. The Bertz CT molecular complexity index is 1680. The van der Waals surface area contributed by atoms with Crippen molar-refractivity contribution in [3.8, 4) is 11.5 Å². The number of carbonyl (C=O) groups excluding carboxylic acids is 3. The molecular formula is C35H36N2O5. The van der Waals surface area contributed by atoms with E-state index in [1.807, 2.05) is 75.9 Å². The van der Waals surface area contributed by atoms with Crippen molar-refractivity contribution < 1.29 is 23.9 Å². The van der Waals surface area contributed by atoms with Crippen LogP contribution in [-0.4, -0.2) is 43.8 Å². The van der Waals surface area contributed by atoms with Crippen molar-refractivity contribution in [2.45, 2.75) is 52.1 Å². The molecule has 1 N–H and O–H groups in total. The van der Waals surface area contributed by atoms with Crippen LogP contribution < -0.4 is 19.7 Å². The van der Waals surface area contributed by atoms with Gasteiger partial charge in [-0.25, -0.2) is 0 Å². The first-order chi connectivity index (χ1) is 19.9. The topological polar surface area (TPSA) is 84.9 Å². The van der Waals surface area contributed by atoms with Crippen molar-refractivity contribution in [3.05, 3.63) is 89.0 Å². The second-order valence-electron chi connectivity index (χ2n) is 12.6. The fraction of sp³-hybridized carbons (Fsp3) is 0.343. The molecule has 1 saturated heterocycles. The molecule has 3 aliphatic rings. The Labute approximate surface area is 246 Å². The summed E-state index contributed by atoms with van der Waals surface area (Å²) in [6, 6.07) is 17.2. The van der Waals surface area contributed by atoms with Crippen molar-refractivity contribution in [2.24, 2.45) is 11.3 Å². The molecule has 3 heterocycles. The van der Waals surface area contributed by atoms with Gasteiger partial charge in [-0.2, -0.15) is 0 Å². The fourth-order valence-electron chi connectivity index (χ4n) is 7.16. The molecule has 3 aromatic rings. The summed E-state index contributed by atoms with van der Waals surface area (Å²) in [5.41, 5.74) is 3.39. The summed E-state index contributed by atoms with van der Waals surface area (Å²) in [6.07, 6.45) is 2.07. The Morgan fingerprint density at radius 1 is 0.952 bits per heavy atom. The van der Waals surface area contributed by atoms with E-state index in [1.165, 1.54) is 14.2 Å². The Morgan fingerprint density at radius 2 is 1.69 bits per heavy atom. The van der Waals surface area contributed by atoms with Crippen molar-refractivity contribution in [3.63, 3.8) is 0 Å². The molecule has 7 heteroatoms. The van der Waals surface area contributed by atoms with E-state index in [1.54, 1.807) is 18.2 Å². The Morgan fingerprint density at radius 3 is 2.38 bits per heavy atom. The van der Waals surface area contributed by atoms with Gasteiger partial charge in [0.2, 0.25) is 5.91 Å². The molecule has 1 amide bonds. The van der Waals surface area contributed by atoms with Gasteiger partial charge in [-0.05, 0) is 61.4 Å². The predicted octanol–water partition coefficient (Wildman–Crippen LogP) is 5.99. The number of ether oxygens (including phenoxy) is 2. The van der Waals surface area contributed by atoms with Crippen LogP contribution in [0.1, 0.15) is 54.7 Å². The third-order valence-corrected chi connectivity index (χ3v) is 9.09. The number of fused-ring (bicyclic) bond motifs is 6. The molecule has 6 rings (SSSR count). The zero-order chi connectivity index (χ0) is 30.1. The first-order valence-corrected chi connectivity index (χ1v) is 14.2. The van der Waals surface area contributed by atoms with Gasteiger partial charge in [0.25, 0.3) is 0 Å². The van der Waals surface area contributed by atoms with Crippen molar-refractivity contribution in [1.82, 2.24) is 0 Å². The largest absolute Gasteiger partial charge is 0.497 e. The van der Waals surface area contributed by atoms with Crippen LogP contribution in [0.5, 0.6) is 11.5 Å². The zero-order valence-electron chi connectivity index (χ0n) is 25.1. The number of aryl methyl sites for hydroxylation is 1. The van der Waals surface area contributed by atoms with Crippen LogP contribution in [0.25, 0.3) is 5.57 Å². The fourth-order valence-corrected chi connectivity index (χ4v) is 7.16. The minimum Gasteiger partial charge on any atom is -0.497 e. The van der Waals surface area contributed by atoms with Gasteiger partial charge in [-0.3, -0.25) is 14.4 Å². The van der Waals surface area contributed by atoms with E-state index in [-0.39, 0.29) is 23.0 Å². The minimum absolute atomic E-state index is 0.110. The normalized spacial score (nSPS) is 24.0. The number of allylic oxidation sites excluding steroid dienone is 1. The van der Waals surface area contributed by atoms with Crippen LogP contribution >= 0.6 is 0 Å². The third kappa shape index (κ3) is 3.75. The summed E-state index contributed by atoms with van der Waals surface area (Å²) in [7, 11) is 3.04. The second-order valence-corrected chi connectivity index (χ2v) is 12.6. The minimum atomic E-state index is -1.38. The molecule has 1 spiro atoms. The molecule has 3 aliphatic heterocycles. The molecule has 0 unspecified atom stereocenters. The Kier molecular flexibility index (Phi) is 6.33. The number of para-hydroxylation sites is 1. The summed E-state index contributed by atoms with van der Waals surface area (Å²) in [5, 5.41) is 3.08.